The summed E-state index contributed by atoms with van der Waals surface area (Å²) in [5.74, 6) is -2.15. The van der Waals surface area contributed by atoms with E-state index in [1.54, 1.807) is 0 Å². The van der Waals surface area contributed by atoms with Gasteiger partial charge in [-0.1, -0.05) is 182 Å². The van der Waals surface area contributed by atoms with Crippen molar-refractivity contribution in [3.8, 4) is 0 Å². The van der Waals surface area contributed by atoms with E-state index in [1.807, 2.05) is 0 Å². The monoisotopic (exact) mass is 774 g/mol. The molecule has 2 aliphatic rings. The van der Waals surface area contributed by atoms with E-state index in [0.29, 0.717) is 0 Å². The highest BCUT2D eigenvalue weighted by atomic mass is 16.4. The minimum atomic E-state index is -1.08. The largest absolute Gasteiger partial charge is 0.481 e. The predicted octanol–water partition coefficient (Wildman–Crippen LogP) is 7.70. The number of nitrogens with one attached hydrogen (secondary N) is 2. The number of carboxylic acids is 2. The van der Waals surface area contributed by atoms with E-state index < -0.39 is 11.9 Å². The molecule has 8 heteroatoms. The SMILES string of the molecule is O=C(O)CCC(=O)O.c1ccc(C(c2ccccc2)(c2ccccc2)N2CCNCC2)cc1.c1ccc(C(c2ccccc2)(c2ccccc2)N2CCNCC2)cc1. The number of piperazine rings is 2. The van der Waals surface area contributed by atoms with Gasteiger partial charge < -0.3 is 20.8 Å². The van der Waals surface area contributed by atoms with Gasteiger partial charge in [0.25, 0.3) is 0 Å². The van der Waals surface area contributed by atoms with Gasteiger partial charge in [-0.25, -0.2) is 0 Å². The standard InChI is InChI=1S/2C23H24N2.C4H6O4/c2*1-4-10-20(11-5-1)23(21-12-6-2-7-13-21,22-14-8-3-9-15-22)25-18-16-24-17-19-25;5-3(6)1-2-4(7)8/h2*1-15,24H,16-19H2;1-2H2,(H,5,6)(H,7,8). The van der Waals surface area contributed by atoms with Crippen molar-refractivity contribution in [1.29, 1.82) is 0 Å². The number of benzene rings is 6. The van der Waals surface area contributed by atoms with Crippen LogP contribution in [0, 0.1) is 0 Å². The molecule has 0 amide bonds. The molecule has 2 aliphatic heterocycles. The zero-order valence-electron chi connectivity index (χ0n) is 33.0. The fraction of sp³-hybridized carbons (Fsp3) is 0.240. The Morgan fingerprint density at radius 3 is 0.741 bits per heavy atom. The highest BCUT2D eigenvalue weighted by Crippen LogP contribution is 2.43. The first-order chi connectivity index (χ1) is 28.5. The maximum atomic E-state index is 9.64. The Kier molecular flexibility index (Phi) is 15.1. The second-order valence-corrected chi connectivity index (χ2v) is 14.4. The van der Waals surface area contributed by atoms with Gasteiger partial charge in [-0.15, -0.1) is 0 Å². The van der Waals surface area contributed by atoms with Gasteiger partial charge in [0.15, 0.2) is 0 Å². The van der Waals surface area contributed by atoms with Gasteiger partial charge >= 0.3 is 11.9 Å². The van der Waals surface area contributed by atoms with Gasteiger partial charge in [-0.05, 0) is 33.4 Å². The lowest BCUT2D eigenvalue weighted by Gasteiger charge is -2.47. The first-order valence-electron chi connectivity index (χ1n) is 20.2. The molecule has 8 rings (SSSR count). The van der Waals surface area contributed by atoms with Crippen molar-refractivity contribution in [2.45, 2.75) is 23.9 Å². The van der Waals surface area contributed by atoms with Crippen molar-refractivity contribution in [3.05, 3.63) is 215 Å². The van der Waals surface area contributed by atoms with Gasteiger partial charge in [0.2, 0.25) is 0 Å². The Labute approximate surface area is 342 Å². The Morgan fingerprint density at radius 2 is 0.569 bits per heavy atom. The number of rotatable bonds is 11. The molecular weight excluding hydrogens is 721 g/mol. The average molecular weight is 775 g/mol. The van der Waals surface area contributed by atoms with E-state index in [2.05, 4.69) is 202 Å². The molecule has 0 aromatic heterocycles. The molecule has 6 aromatic carbocycles. The van der Waals surface area contributed by atoms with Gasteiger partial charge in [-0.2, -0.15) is 0 Å². The molecule has 4 N–H and O–H groups in total. The molecule has 6 aromatic rings. The highest BCUT2D eigenvalue weighted by Gasteiger charge is 2.43. The van der Waals surface area contributed by atoms with Gasteiger partial charge in [0, 0.05) is 52.4 Å². The first kappa shape index (κ1) is 41.7. The molecule has 2 saturated heterocycles. The van der Waals surface area contributed by atoms with Crippen LogP contribution in [0.2, 0.25) is 0 Å². The summed E-state index contributed by atoms with van der Waals surface area (Å²) in [6.07, 6.45) is -0.593. The molecule has 8 nitrogen and oxygen atoms in total. The molecule has 58 heavy (non-hydrogen) atoms. The maximum Gasteiger partial charge on any atom is 0.303 e. The molecule has 0 spiro atoms. The Morgan fingerprint density at radius 1 is 0.379 bits per heavy atom. The van der Waals surface area contributed by atoms with Crippen molar-refractivity contribution in [3.63, 3.8) is 0 Å². The molecule has 2 fully saturated rings. The van der Waals surface area contributed by atoms with E-state index in [0.717, 1.165) is 52.4 Å². The summed E-state index contributed by atoms with van der Waals surface area (Å²) in [5.41, 5.74) is 7.45. The topological polar surface area (TPSA) is 105 Å². The third kappa shape index (κ3) is 9.79. The van der Waals surface area contributed by atoms with Crippen LogP contribution in [0.5, 0.6) is 0 Å². The van der Waals surface area contributed by atoms with Crippen molar-refractivity contribution < 1.29 is 19.8 Å². The zero-order valence-corrected chi connectivity index (χ0v) is 33.0. The zero-order chi connectivity index (χ0) is 40.5. The third-order valence-electron chi connectivity index (χ3n) is 10.9. The average Bonchev–Trinajstić information content (AvgIpc) is 3.30. The van der Waals surface area contributed by atoms with Gasteiger partial charge in [0.05, 0.1) is 23.9 Å². The highest BCUT2D eigenvalue weighted by molar-refractivity contribution is 5.75. The van der Waals surface area contributed by atoms with Gasteiger partial charge in [0.1, 0.15) is 0 Å². The van der Waals surface area contributed by atoms with Crippen molar-refractivity contribution in [2.75, 3.05) is 52.4 Å². The fourth-order valence-electron chi connectivity index (χ4n) is 8.39. The number of hydrogen-bond donors (Lipinski definition) is 4. The molecule has 2 heterocycles. The summed E-state index contributed by atoms with van der Waals surface area (Å²) < 4.78 is 0. The number of hydrogen-bond acceptors (Lipinski definition) is 6. The molecule has 0 bridgehead atoms. The van der Waals surface area contributed by atoms with Crippen LogP contribution in [-0.2, 0) is 20.7 Å². The summed E-state index contributed by atoms with van der Waals surface area (Å²) in [5, 5.41) is 22.8. The first-order valence-corrected chi connectivity index (χ1v) is 20.2. The minimum Gasteiger partial charge on any atom is -0.481 e. The van der Waals surface area contributed by atoms with Crippen molar-refractivity contribution in [1.82, 2.24) is 20.4 Å². The van der Waals surface area contributed by atoms with E-state index >= 15 is 0 Å². The van der Waals surface area contributed by atoms with Crippen LogP contribution < -0.4 is 10.6 Å². The molecular formula is C50H54N4O4. The Hall–Kier alpha value is -5.90. The molecule has 0 unspecified atom stereocenters. The molecule has 0 atom stereocenters. The molecule has 0 saturated carbocycles. The van der Waals surface area contributed by atoms with E-state index in [9.17, 15) is 9.59 Å². The predicted molar refractivity (Wildman–Crippen MR) is 232 cm³/mol. The second kappa shape index (κ2) is 21.0. The Balaban J connectivity index is 0.000000165. The number of carbonyl (C=O) groups is 2. The van der Waals surface area contributed by atoms with Crippen LogP contribution in [0.1, 0.15) is 46.2 Å². The fourth-order valence-corrected chi connectivity index (χ4v) is 8.39. The molecule has 0 radical (unpaired) electrons. The lowest BCUT2D eigenvalue weighted by Crippen LogP contribution is -2.55. The second-order valence-electron chi connectivity index (χ2n) is 14.4. The summed E-state index contributed by atoms with van der Waals surface area (Å²) in [6, 6.07) is 65.6. The van der Waals surface area contributed by atoms with Crippen molar-refractivity contribution >= 4 is 11.9 Å². The summed E-state index contributed by atoms with van der Waals surface area (Å²) in [4.78, 5) is 24.5. The van der Waals surface area contributed by atoms with E-state index in [4.69, 9.17) is 10.2 Å². The lowest BCUT2D eigenvalue weighted by atomic mass is 9.75. The molecule has 298 valence electrons. The number of nitrogens with zero attached hydrogens (tertiary/aromatic N) is 2. The van der Waals surface area contributed by atoms with E-state index in [1.165, 1.54) is 33.4 Å². The maximum absolute atomic E-state index is 9.64. The summed E-state index contributed by atoms with van der Waals surface area (Å²) in [6.45, 7) is 8.19. The summed E-state index contributed by atoms with van der Waals surface area (Å²) >= 11 is 0. The smallest absolute Gasteiger partial charge is 0.303 e. The van der Waals surface area contributed by atoms with Gasteiger partial charge in [-0.3, -0.25) is 19.4 Å². The van der Waals surface area contributed by atoms with Crippen LogP contribution >= 0.6 is 0 Å². The summed E-state index contributed by atoms with van der Waals surface area (Å²) in [7, 11) is 0. The minimum absolute atomic E-state index is 0.258. The number of carboxylic acid groups (broad SMARTS) is 2. The molecule has 0 aliphatic carbocycles. The third-order valence-corrected chi connectivity index (χ3v) is 10.9. The lowest BCUT2D eigenvalue weighted by molar-refractivity contribution is -0.143. The Bertz CT molecular complexity index is 1740. The van der Waals surface area contributed by atoms with Crippen molar-refractivity contribution in [2.24, 2.45) is 0 Å². The number of aliphatic carboxylic acids is 2. The van der Waals surface area contributed by atoms with Crippen LogP contribution in [0.25, 0.3) is 0 Å². The van der Waals surface area contributed by atoms with Crippen LogP contribution in [0.15, 0.2) is 182 Å². The quantitative estimate of drug-likeness (QED) is 0.0994. The normalized spacial score (nSPS) is 14.8. The van der Waals surface area contributed by atoms with Crippen LogP contribution in [0.3, 0.4) is 0 Å². The van der Waals surface area contributed by atoms with Crippen LogP contribution in [0.4, 0.5) is 0 Å². The van der Waals surface area contributed by atoms with E-state index in [-0.39, 0.29) is 23.9 Å². The van der Waals surface area contributed by atoms with Crippen LogP contribution in [-0.4, -0.2) is 84.3 Å².